The van der Waals surface area contributed by atoms with Gasteiger partial charge >= 0.3 is 0 Å². The van der Waals surface area contributed by atoms with Crippen LogP contribution >= 0.6 is 0 Å². The molecule has 1 aliphatic heterocycles. The van der Waals surface area contributed by atoms with Crippen molar-refractivity contribution in [2.24, 2.45) is 11.1 Å². The molecule has 82 valence electrons. The van der Waals surface area contributed by atoms with E-state index in [1.54, 1.807) is 0 Å². The van der Waals surface area contributed by atoms with Gasteiger partial charge < -0.3 is 10.6 Å². The lowest BCUT2D eigenvalue weighted by Gasteiger charge is -2.28. The number of nitrogens with zero attached hydrogens (tertiary/aromatic N) is 1. The highest BCUT2D eigenvalue weighted by Crippen LogP contribution is 2.46. The molecule has 0 aromatic heterocycles. The predicted molar refractivity (Wildman–Crippen MR) is 50.5 cm³/mol. The fraction of sp³-hybridized carbons (Fsp3) is 0.667. The molecule has 1 saturated carbocycles. The number of carbonyl (C=O) groups is 3. The number of carbonyl (C=O) groups excluding carboxylic acids is 3. The van der Waals surface area contributed by atoms with E-state index in [2.05, 4.69) is 5.32 Å². The maximum atomic E-state index is 11.9. The molecular weight excluding hydrogens is 198 g/mol. The first-order chi connectivity index (χ1) is 7.07. The van der Waals surface area contributed by atoms with Crippen molar-refractivity contribution in [2.45, 2.75) is 12.8 Å². The summed E-state index contributed by atoms with van der Waals surface area (Å²) in [5.74, 6) is -1.01. The molecule has 6 heteroatoms. The van der Waals surface area contributed by atoms with E-state index in [0.29, 0.717) is 0 Å². The standard InChI is InChI=1S/C9H13N3O3/c10-5-9(1-2-9)8(15)12-3-6(13)11-7(14)4-12/h1-5,10H2,(H,11,13,14). The molecule has 0 radical (unpaired) electrons. The molecular formula is C9H13N3O3. The first-order valence-electron chi connectivity index (χ1n) is 4.89. The summed E-state index contributed by atoms with van der Waals surface area (Å²) in [7, 11) is 0. The van der Waals surface area contributed by atoms with Crippen molar-refractivity contribution < 1.29 is 14.4 Å². The average Bonchev–Trinajstić information content (AvgIpc) is 2.95. The summed E-state index contributed by atoms with van der Waals surface area (Å²) in [4.78, 5) is 35.3. The molecule has 0 aromatic rings. The molecule has 2 fully saturated rings. The minimum Gasteiger partial charge on any atom is -0.329 e. The fourth-order valence-electron chi connectivity index (χ4n) is 1.77. The number of hydrogen-bond acceptors (Lipinski definition) is 4. The van der Waals surface area contributed by atoms with Gasteiger partial charge in [0.1, 0.15) is 13.1 Å². The van der Waals surface area contributed by atoms with Gasteiger partial charge in [0.05, 0.1) is 5.41 Å². The van der Waals surface area contributed by atoms with Crippen molar-refractivity contribution >= 4 is 17.7 Å². The number of piperazine rings is 1. The largest absolute Gasteiger partial charge is 0.329 e. The van der Waals surface area contributed by atoms with Gasteiger partial charge in [-0.1, -0.05) is 0 Å². The first kappa shape index (κ1) is 10.1. The van der Waals surface area contributed by atoms with Crippen molar-refractivity contribution in [3.8, 4) is 0 Å². The predicted octanol–water partition coefficient (Wildman–Crippen LogP) is -1.79. The van der Waals surface area contributed by atoms with Gasteiger partial charge in [0.25, 0.3) is 0 Å². The Labute approximate surface area is 86.8 Å². The molecule has 0 aromatic carbocycles. The minimum atomic E-state index is -0.488. The number of hydrogen-bond donors (Lipinski definition) is 2. The van der Waals surface area contributed by atoms with E-state index in [9.17, 15) is 14.4 Å². The van der Waals surface area contributed by atoms with Crippen LogP contribution in [0.4, 0.5) is 0 Å². The zero-order valence-corrected chi connectivity index (χ0v) is 8.28. The molecule has 0 unspecified atom stereocenters. The number of imide groups is 1. The molecule has 0 bridgehead atoms. The van der Waals surface area contributed by atoms with Crippen LogP contribution in [0.2, 0.25) is 0 Å². The molecule has 1 aliphatic carbocycles. The van der Waals surface area contributed by atoms with Crippen LogP contribution in [0.5, 0.6) is 0 Å². The second kappa shape index (κ2) is 3.30. The highest BCUT2D eigenvalue weighted by Gasteiger charge is 2.51. The molecule has 6 nitrogen and oxygen atoms in total. The zero-order valence-electron chi connectivity index (χ0n) is 8.28. The maximum Gasteiger partial charge on any atom is 0.246 e. The summed E-state index contributed by atoms with van der Waals surface area (Å²) in [5.41, 5.74) is 5.02. The molecule has 2 rings (SSSR count). The van der Waals surface area contributed by atoms with Crippen LogP contribution in [0.3, 0.4) is 0 Å². The summed E-state index contributed by atoms with van der Waals surface area (Å²) >= 11 is 0. The first-order valence-corrected chi connectivity index (χ1v) is 4.89. The van der Waals surface area contributed by atoms with Crippen molar-refractivity contribution in [2.75, 3.05) is 19.6 Å². The fourth-order valence-corrected chi connectivity index (χ4v) is 1.77. The quantitative estimate of drug-likeness (QED) is 0.528. The third-order valence-corrected chi connectivity index (χ3v) is 2.93. The summed E-state index contributed by atoms with van der Waals surface area (Å²) < 4.78 is 0. The van der Waals surface area contributed by atoms with Gasteiger partial charge in [0.15, 0.2) is 0 Å². The number of amides is 3. The molecule has 0 spiro atoms. The number of nitrogens with two attached hydrogens (primary N) is 1. The Balaban J connectivity index is 2.07. The molecule has 1 saturated heterocycles. The van der Waals surface area contributed by atoms with Crippen LogP contribution in [-0.4, -0.2) is 42.3 Å². The summed E-state index contributed by atoms with van der Waals surface area (Å²) in [6.45, 7) is 0.219. The van der Waals surface area contributed by atoms with Gasteiger partial charge in [0, 0.05) is 6.54 Å². The number of nitrogens with one attached hydrogen (secondary N) is 1. The molecule has 3 amide bonds. The molecule has 15 heavy (non-hydrogen) atoms. The Morgan fingerprint density at radius 2 is 1.87 bits per heavy atom. The average molecular weight is 211 g/mol. The maximum absolute atomic E-state index is 11.9. The Morgan fingerprint density at radius 1 is 1.33 bits per heavy atom. The smallest absolute Gasteiger partial charge is 0.246 e. The van der Waals surface area contributed by atoms with E-state index in [0.717, 1.165) is 12.8 Å². The summed E-state index contributed by atoms with van der Waals surface area (Å²) in [6, 6.07) is 0. The van der Waals surface area contributed by atoms with E-state index >= 15 is 0 Å². The molecule has 2 aliphatic rings. The lowest BCUT2D eigenvalue weighted by molar-refractivity contribution is -0.148. The van der Waals surface area contributed by atoms with E-state index in [1.165, 1.54) is 4.90 Å². The van der Waals surface area contributed by atoms with Crippen LogP contribution in [0.25, 0.3) is 0 Å². The molecule has 0 atom stereocenters. The highest BCUT2D eigenvalue weighted by atomic mass is 16.2. The van der Waals surface area contributed by atoms with Gasteiger partial charge in [0.2, 0.25) is 17.7 Å². The SMILES string of the molecule is NCC1(C(=O)N2CC(=O)NC(=O)C2)CC1. The van der Waals surface area contributed by atoms with Gasteiger partial charge in [-0.15, -0.1) is 0 Å². The van der Waals surface area contributed by atoms with Gasteiger partial charge in [-0.2, -0.15) is 0 Å². The topological polar surface area (TPSA) is 92.5 Å². The van der Waals surface area contributed by atoms with Crippen LogP contribution < -0.4 is 11.1 Å². The summed E-state index contributed by atoms with van der Waals surface area (Å²) in [6.07, 6.45) is 1.52. The monoisotopic (exact) mass is 211 g/mol. The second-order valence-electron chi connectivity index (χ2n) is 4.12. The Bertz CT molecular complexity index is 319. The lowest BCUT2D eigenvalue weighted by atomic mass is 10.1. The van der Waals surface area contributed by atoms with Gasteiger partial charge in [-0.05, 0) is 12.8 Å². The van der Waals surface area contributed by atoms with E-state index in [-0.39, 0.29) is 25.5 Å². The van der Waals surface area contributed by atoms with Gasteiger partial charge in [-0.25, -0.2) is 0 Å². The van der Waals surface area contributed by atoms with E-state index in [4.69, 9.17) is 5.73 Å². The number of rotatable bonds is 2. The van der Waals surface area contributed by atoms with Crippen molar-refractivity contribution in [3.63, 3.8) is 0 Å². The molecule has 1 heterocycles. The zero-order chi connectivity index (χ0) is 11.1. The third-order valence-electron chi connectivity index (χ3n) is 2.93. The van der Waals surface area contributed by atoms with Crippen LogP contribution in [0.1, 0.15) is 12.8 Å². The summed E-state index contributed by atoms with van der Waals surface area (Å²) in [5, 5.41) is 2.15. The van der Waals surface area contributed by atoms with Crippen LogP contribution in [0, 0.1) is 5.41 Å². The second-order valence-corrected chi connectivity index (χ2v) is 4.12. The Hall–Kier alpha value is -1.43. The minimum absolute atomic E-state index is 0.0354. The third kappa shape index (κ3) is 1.72. The van der Waals surface area contributed by atoms with Crippen LogP contribution in [0.15, 0.2) is 0 Å². The van der Waals surface area contributed by atoms with Crippen molar-refractivity contribution in [1.82, 2.24) is 10.2 Å². The van der Waals surface area contributed by atoms with E-state index < -0.39 is 17.2 Å². The highest BCUT2D eigenvalue weighted by molar-refractivity contribution is 6.03. The Morgan fingerprint density at radius 3 is 2.27 bits per heavy atom. The lowest BCUT2D eigenvalue weighted by Crippen LogP contribution is -2.55. The normalized spacial score (nSPS) is 23.7. The van der Waals surface area contributed by atoms with Crippen LogP contribution in [-0.2, 0) is 14.4 Å². The van der Waals surface area contributed by atoms with Crippen molar-refractivity contribution in [3.05, 3.63) is 0 Å². The van der Waals surface area contributed by atoms with Crippen molar-refractivity contribution in [1.29, 1.82) is 0 Å². The van der Waals surface area contributed by atoms with Gasteiger partial charge in [-0.3, -0.25) is 19.7 Å². The van der Waals surface area contributed by atoms with E-state index in [1.807, 2.05) is 0 Å². The molecule has 3 N–H and O–H groups in total. The Kier molecular flexibility index (Phi) is 2.22.